The molecule has 1 fully saturated rings. The van der Waals surface area contributed by atoms with Crippen LogP contribution in [0, 0.1) is 0 Å². The van der Waals surface area contributed by atoms with E-state index in [9.17, 15) is 4.79 Å². The summed E-state index contributed by atoms with van der Waals surface area (Å²) in [4.78, 5) is 14.3. The second-order valence-electron chi connectivity index (χ2n) is 4.31. The van der Waals surface area contributed by atoms with E-state index in [0.717, 1.165) is 40.6 Å². The summed E-state index contributed by atoms with van der Waals surface area (Å²) in [5.41, 5.74) is 0.935. The van der Waals surface area contributed by atoms with Crippen LogP contribution in [0.25, 0.3) is 0 Å². The number of benzene rings is 1. The lowest BCUT2D eigenvalue weighted by molar-refractivity contribution is -0.121. The van der Waals surface area contributed by atoms with Gasteiger partial charge in [0.25, 0.3) is 0 Å². The molecule has 1 saturated heterocycles. The van der Waals surface area contributed by atoms with Crippen LogP contribution in [-0.4, -0.2) is 25.0 Å². The van der Waals surface area contributed by atoms with Gasteiger partial charge in [0.1, 0.15) is 0 Å². The van der Waals surface area contributed by atoms with Crippen LogP contribution in [0.15, 0.2) is 27.1 Å². The van der Waals surface area contributed by atoms with Crippen LogP contribution >= 0.6 is 31.9 Å². The number of rotatable bonds is 3. The van der Waals surface area contributed by atoms with Gasteiger partial charge in [0.2, 0.25) is 5.91 Å². The van der Waals surface area contributed by atoms with Gasteiger partial charge in [-0.1, -0.05) is 13.0 Å². The Morgan fingerprint density at radius 3 is 2.67 bits per heavy atom. The molecule has 1 aliphatic rings. The largest absolute Gasteiger partial charge is 0.309 e. The minimum absolute atomic E-state index is 0.0530. The van der Waals surface area contributed by atoms with Gasteiger partial charge >= 0.3 is 0 Å². The summed E-state index contributed by atoms with van der Waals surface area (Å²) in [6.07, 6.45) is 1.95. The molecule has 1 amide bonds. The standard InChI is InChI=1S/C13H16Br2N2O/c1-2-16-11-7-4-8-17(13(11)18)12-9(14)5-3-6-10(12)15/h3,5-6,11,16H,2,4,7-8H2,1H3. The molecule has 0 aromatic heterocycles. The molecule has 2 rings (SSSR count). The first-order chi connectivity index (χ1) is 8.65. The maximum atomic E-state index is 12.4. The highest BCUT2D eigenvalue weighted by molar-refractivity contribution is 9.11. The maximum absolute atomic E-state index is 12.4. The molecule has 0 spiro atoms. The Kier molecular flexibility index (Phi) is 4.81. The first kappa shape index (κ1) is 14.0. The third-order valence-corrected chi connectivity index (χ3v) is 4.38. The van der Waals surface area contributed by atoms with Crippen molar-refractivity contribution in [2.75, 3.05) is 18.0 Å². The lowest BCUT2D eigenvalue weighted by atomic mass is 10.0. The minimum atomic E-state index is -0.0530. The zero-order chi connectivity index (χ0) is 13.1. The van der Waals surface area contributed by atoms with E-state index >= 15 is 0 Å². The normalized spacial score (nSPS) is 20.3. The highest BCUT2D eigenvalue weighted by Crippen LogP contribution is 2.35. The van der Waals surface area contributed by atoms with E-state index < -0.39 is 0 Å². The van der Waals surface area contributed by atoms with Crippen LogP contribution in [0.2, 0.25) is 0 Å². The van der Waals surface area contributed by atoms with Crippen molar-refractivity contribution in [1.29, 1.82) is 0 Å². The molecule has 1 heterocycles. The number of anilines is 1. The molecule has 5 heteroatoms. The van der Waals surface area contributed by atoms with Gasteiger partial charge in [0, 0.05) is 15.5 Å². The Bertz CT molecular complexity index is 428. The predicted molar refractivity (Wildman–Crippen MR) is 80.9 cm³/mol. The van der Waals surface area contributed by atoms with Crippen molar-refractivity contribution in [3.8, 4) is 0 Å². The summed E-state index contributed by atoms with van der Waals surface area (Å²) in [6.45, 7) is 3.63. The predicted octanol–water partition coefficient (Wildman–Crippen LogP) is 3.32. The fraction of sp³-hybridized carbons (Fsp3) is 0.462. The Morgan fingerprint density at radius 2 is 2.06 bits per heavy atom. The Hall–Kier alpha value is -0.390. The van der Waals surface area contributed by atoms with E-state index in [2.05, 4.69) is 37.2 Å². The first-order valence-corrected chi connectivity index (χ1v) is 7.72. The highest BCUT2D eigenvalue weighted by Gasteiger charge is 2.30. The molecule has 0 radical (unpaired) electrons. The molecule has 1 aromatic carbocycles. The minimum Gasteiger partial charge on any atom is -0.309 e. The average Bonchev–Trinajstić information content (AvgIpc) is 2.33. The highest BCUT2D eigenvalue weighted by atomic mass is 79.9. The first-order valence-electron chi connectivity index (χ1n) is 6.14. The fourth-order valence-corrected chi connectivity index (χ4v) is 3.71. The molecule has 3 nitrogen and oxygen atoms in total. The second-order valence-corrected chi connectivity index (χ2v) is 6.02. The van der Waals surface area contributed by atoms with Crippen LogP contribution in [0.4, 0.5) is 5.69 Å². The van der Waals surface area contributed by atoms with E-state index in [1.807, 2.05) is 30.0 Å². The fourth-order valence-electron chi connectivity index (χ4n) is 2.28. The van der Waals surface area contributed by atoms with Crippen molar-refractivity contribution in [2.45, 2.75) is 25.8 Å². The lowest BCUT2D eigenvalue weighted by Crippen LogP contribution is -2.51. The quantitative estimate of drug-likeness (QED) is 0.878. The van der Waals surface area contributed by atoms with Crippen molar-refractivity contribution >= 4 is 43.5 Å². The summed E-state index contributed by atoms with van der Waals surface area (Å²) in [5.74, 6) is 0.163. The number of halogens is 2. The number of nitrogens with zero attached hydrogens (tertiary/aromatic N) is 1. The smallest absolute Gasteiger partial charge is 0.244 e. The topological polar surface area (TPSA) is 32.3 Å². The van der Waals surface area contributed by atoms with Gasteiger partial charge in [-0.3, -0.25) is 4.79 Å². The van der Waals surface area contributed by atoms with Crippen LogP contribution in [0.3, 0.4) is 0 Å². The third-order valence-electron chi connectivity index (χ3n) is 3.10. The van der Waals surface area contributed by atoms with Crippen molar-refractivity contribution in [3.05, 3.63) is 27.1 Å². The molecule has 1 unspecified atom stereocenters. The third kappa shape index (κ3) is 2.78. The summed E-state index contributed by atoms with van der Waals surface area (Å²) >= 11 is 7.05. The lowest BCUT2D eigenvalue weighted by Gasteiger charge is -2.33. The van der Waals surface area contributed by atoms with Crippen molar-refractivity contribution in [2.24, 2.45) is 0 Å². The van der Waals surface area contributed by atoms with Gasteiger partial charge in [-0.15, -0.1) is 0 Å². The van der Waals surface area contributed by atoms with E-state index in [-0.39, 0.29) is 11.9 Å². The summed E-state index contributed by atoms with van der Waals surface area (Å²) in [7, 11) is 0. The van der Waals surface area contributed by atoms with Crippen LogP contribution < -0.4 is 10.2 Å². The van der Waals surface area contributed by atoms with Crippen molar-refractivity contribution in [1.82, 2.24) is 5.32 Å². The van der Waals surface area contributed by atoms with Gasteiger partial charge in [-0.05, 0) is 63.4 Å². The Balaban J connectivity index is 2.29. The van der Waals surface area contributed by atoms with E-state index in [0.29, 0.717) is 0 Å². The number of piperidine rings is 1. The number of likely N-dealkylation sites (N-methyl/N-ethyl adjacent to an activating group) is 1. The number of carbonyl (C=O) groups excluding carboxylic acids is 1. The number of para-hydroxylation sites is 1. The average molecular weight is 376 g/mol. The number of amides is 1. The number of nitrogens with one attached hydrogen (secondary N) is 1. The van der Waals surface area contributed by atoms with Crippen LogP contribution in [0.5, 0.6) is 0 Å². The zero-order valence-electron chi connectivity index (χ0n) is 10.2. The Labute approximate surface area is 124 Å². The van der Waals surface area contributed by atoms with Gasteiger partial charge in [0.05, 0.1) is 11.7 Å². The second kappa shape index (κ2) is 6.17. The van der Waals surface area contributed by atoms with Gasteiger partial charge in [-0.25, -0.2) is 0 Å². The number of hydrogen-bond acceptors (Lipinski definition) is 2. The zero-order valence-corrected chi connectivity index (χ0v) is 13.4. The molecule has 0 bridgehead atoms. The van der Waals surface area contributed by atoms with Crippen LogP contribution in [-0.2, 0) is 4.79 Å². The molecule has 1 N–H and O–H groups in total. The van der Waals surface area contributed by atoms with Crippen molar-refractivity contribution < 1.29 is 4.79 Å². The molecule has 18 heavy (non-hydrogen) atoms. The van der Waals surface area contributed by atoms with E-state index in [4.69, 9.17) is 0 Å². The molecule has 1 atom stereocenters. The molecule has 1 aliphatic heterocycles. The molecular formula is C13H16Br2N2O. The maximum Gasteiger partial charge on any atom is 0.244 e. The monoisotopic (exact) mass is 374 g/mol. The molecular weight excluding hydrogens is 360 g/mol. The Morgan fingerprint density at radius 1 is 1.39 bits per heavy atom. The SMILES string of the molecule is CCNC1CCCN(c2c(Br)cccc2Br)C1=O. The van der Waals surface area contributed by atoms with Gasteiger partial charge in [-0.2, -0.15) is 0 Å². The van der Waals surface area contributed by atoms with Gasteiger partial charge < -0.3 is 10.2 Å². The van der Waals surface area contributed by atoms with E-state index in [1.165, 1.54) is 0 Å². The molecule has 98 valence electrons. The molecule has 0 saturated carbocycles. The van der Waals surface area contributed by atoms with E-state index in [1.54, 1.807) is 0 Å². The van der Waals surface area contributed by atoms with Crippen molar-refractivity contribution in [3.63, 3.8) is 0 Å². The molecule has 0 aliphatic carbocycles. The number of carbonyl (C=O) groups is 1. The van der Waals surface area contributed by atoms with Crippen LogP contribution in [0.1, 0.15) is 19.8 Å². The summed E-state index contributed by atoms with van der Waals surface area (Å²) in [6, 6.07) is 5.82. The molecule has 1 aromatic rings. The van der Waals surface area contributed by atoms with Gasteiger partial charge in [0.15, 0.2) is 0 Å². The summed E-state index contributed by atoms with van der Waals surface area (Å²) < 4.78 is 1.89. The summed E-state index contributed by atoms with van der Waals surface area (Å²) in [5, 5.41) is 3.25. The number of hydrogen-bond donors (Lipinski definition) is 1.